The molecule has 27 heavy (non-hydrogen) atoms. The van der Waals surface area contributed by atoms with Crippen LogP contribution in [0.3, 0.4) is 0 Å². The van der Waals surface area contributed by atoms with Gasteiger partial charge in [0, 0.05) is 23.2 Å². The van der Waals surface area contributed by atoms with E-state index in [0.29, 0.717) is 28.7 Å². The lowest BCUT2D eigenvalue weighted by atomic mass is 10.1. The zero-order chi connectivity index (χ0) is 19.2. The number of thiophene rings is 1. The summed E-state index contributed by atoms with van der Waals surface area (Å²) in [6.07, 6.45) is 1.97. The zero-order valence-corrected chi connectivity index (χ0v) is 15.4. The Kier molecular flexibility index (Phi) is 5.98. The highest BCUT2D eigenvalue weighted by Crippen LogP contribution is 2.27. The maximum atomic E-state index is 13.8. The molecule has 0 atom stereocenters. The molecule has 0 saturated carbocycles. The Morgan fingerprint density at radius 1 is 1.04 bits per heavy atom. The lowest BCUT2D eigenvalue weighted by Gasteiger charge is -2.08. The average molecular weight is 382 g/mol. The molecule has 1 aromatic heterocycles. The van der Waals surface area contributed by atoms with Crippen LogP contribution in [0.15, 0.2) is 60.5 Å². The first kappa shape index (κ1) is 18.8. The normalized spacial score (nSPS) is 10.6. The molecule has 138 valence electrons. The summed E-state index contributed by atoms with van der Waals surface area (Å²) < 4.78 is 14.4. The second-order valence-corrected chi connectivity index (χ2v) is 6.92. The Bertz CT molecular complexity index is 980. The van der Waals surface area contributed by atoms with Gasteiger partial charge in [-0.1, -0.05) is 30.8 Å². The Morgan fingerprint density at radius 2 is 1.78 bits per heavy atom. The second-order valence-electron chi connectivity index (χ2n) is 6.00. The fraction of sp³-hybridized carbons (Fsp3) is 0.143. The van der Waals surface area contributed by atoms with E-state index in [4.69, 9.17) is 0 Å². The van der Waals surface area contributed by atoms with Crippen molar-refractivity contribution in [3.8, 4) is 0 Å². The van der Waals surface area contributed by atoms with Crippen LogP contribution in [0.4, 0.5) is 4.39 Å². The van der Waals surface area contributed by atoms with Gasteiger partial charge in [0.05, 0.1) is 5.56 Å². The molecule has 0 unspecified atom stereocenters. The summed E-state index contributed by atoms with van der Waals surface area (Å²) in [5, 5.41) is 7.86. The molecule has 0 aliphatic heterocycles. The van der Waals surface area contributed by atoms with Crippen molar-refractivity contribution in [2.45, 2.75) is 13.0 Å². The molecule has 6 heteroatoms. The number of halogens is 1. The first-order valence-corrected chi connectivity index (χ1v) is 9.38. The summed E-state index contributed by atoms with van der Waals surface area (Å²) in [4.78, 5) is 23.6. The predicted octanol–water partition coefficient (Wildman–Crippen LogP) is 3.82. The van der Waals surface area contributed by atoms with Crippen molar-refractivity contribution in [1.29, 1.82) is 0 Å². The standard InChI is InChI=1S/C21H19FN2O2S/c1-2-19(25)23-11-9-14-3-5-15(6-4-14)13-24-21(26)17-7-8-18(22)16-10-12-27-20(16)17/h2-8,10,12H,1,9,11,13H2,(H,23,25)(H,24,26). The molecular weight excluding hydrogens is 363 g/mol. The van der Waals surface area contributed by atoms with E-state index in [9.17, 15) is 14.0 Å². The van der Waals surface area contributed by atoms with Crippen LogP contribution in [0.2, 0.25) is 0 Å². The number of amides is 2. The Morgan fingerprint density at radius 3 is 2.52 bits per heavy atom. The third kappa shape index (κ3) is 4.60. The zero-order valence-electron chi connectivity index (χ0n) is 14.6. The van der Waals surface area contributed by atoms with Crippen molar-refractivity contribution >= 4 is 33.2 Å². The lowest BCUT2D eigenvalue weighted by Crippen LogP contribution is -2.23. The molecule has 0 fully saturated rings. The molecule has 0 radical (unpaired) electrons. The highest BCUT2D eigenvalue weighted by atomic mass is 32.1. The summed E-state index contributed by atoms with van der Waals surface area (Å²) >= 11 is 1.35. The third-order valence-electron chi connectivity index (χ3n) is 4.18. The minimum atomic E-state index is -0.317. The molecule has 3 aromatic rings. The van der Waals surface area contributed by atoms with Gasteiger partial charge in [-0.2, -0.15) is 0 Å². The molecule has 1 heterocycles. The van der Waals surface area contributed by atoms with Crippen LogP contribution >= 0.6 is 11.3 Å². The number of fused-ring (bicyclic) bond motifs is 1. The number of hydrogen-bond donors (Lipinski definition) is 2. The van der Waals surface area contributed by atoms with Gasteiger partial charge in [0.2, 0.25) is 5.91 Å². The van der Waals surface area contributed by atoms with Gasteiger partial charge in [-0.25, -0.2) is 4.39 Å². The number of nitrogens with one attached hydrogen (secondary N) is 2. The summed E-state index contributed by atoms with van der Waals surface area (Å²) in [5.74, 6) is -0.726. The molecular formula is C21H19FN2O2S. The van der Waals surface area contributed by atoms with Crippen molar-refractivity contribution in [3.63, 3.8) is 0 Å². The quantitative estimate of drug-likeness (QED) is 0.611. The molecule has 2 N–H and O–H groups in total. The van der Waals surface area contributed by atoms with Gasteiger partial charge < -0.3 is 10.6 Å². The van der Waals surface area contributed by atoms with Crippen LogP contribution in [-0.2, 0) is 17.8 Å². The maximum absolute atomic E-state index is 13.8. The molecule has 3 rings (SSSR count). The molecule has 4 nitrogen and oxygen atoms in total. The lowest BCUT2D eigenvalue weighted by molar-refractivity contribution is -0.116. The van der Waals surface area contributed by atoms with Gasteiger partial charge in [-0.15, -0.1) is 11.3 Å². The van der Waals surface area contributed by atoms with Crippen LogP contribution in [0, 0.1) is 5.82 Å². The number of carbonyl (C=O) groups excluding carboxylic acids is 2. The van der Waals surface area contributed by atoms with E-state index >= 15 is 0 Å². The molecule has 0 aliphatic rings. The highest BCUT2D eigenvalue weighted by molar-refractivity contribution is 7.17. The van der Waals surface area contributed by atoms with Gasteiger partial charge in [-0.3, -0.25) is 9.59 Å². The van der Waals surface area contributed by atoms with Crippen molar-refractivity contribution < 1.29 is 14.0 Å². The summed E-state index contributed by atoms with van der Waals surface area (Å²) in [5.41, 5.74) is 2.54. The van der Waals surface area contributed by atoms with Crippen LogP contribution in [0.1, 0.15) is 21.5 Å². The van der Waals surface area contributed by atoms with Crippen LogP contribution in [-0.4, -0.2) is 18.4 Å². The van der Waals surface area contributed by atoms with Crippen LogP contribution in [0.25, 0.3) is 10.1 Å². The summed E-state index contributed by atoms with van der Waals surface area (Å²) in [6.45, 7) is 4.34. The summed E-state index contributed by atoms with van der Waals surface area (Å²) in [6, 6.07) is 12.3. The Hall–Kier alpha value is -2.99. The minimum absolute atomic E-state index is 0.185. The van der Waals surface area contributed by atoms with E-state index in [-0.39, 0.29) is 17.6 Å². The van der Waals surface area contributed by atoms with Crippen LogP contribution < -0.4 is 10.6 Å². The van der Waals surface area contributed by atoms with E-state index in [1.165, 1.54) is 29.5 Å². The van der Waals surface area contributed by atoms with Gasteiger partial charge in [0.1, 0.15) is 5.82 Å². The number of benzene rings is 2. The Labute approximate surface area is 160 Å². The first-order chi connectivity index (χ1) is 13.1. The SMILES string of the molecule is C=CC(=O)NCCc1ccc(CNC(=O)c2ccc(F)c3ccsc23)cc1. The molecule has 2 aromatic carbocycles. The monoisotopic (exact) mass is 382 g/mol. The first-order valence-electron chi connectivity index (χ1n) is 8.50. The van der Waals surface area contributed by atoms with Crippen LogP contribution in [0.5, 0.6) is 0 Å². The topological polar surface area (TPSA) is 58.2 Å². The van der Waals surface area contributed by atoms with Crippen molar-refractivity contribution in [3.05, 3.63) is 83.0 Å². The third-order valence-corrected chi connectivity index (χ3v) is 5.13. The number of hydrogen-bond acceptors (Lipinski definition) is 3. The van der Waals surface area contributed by atoms with Crippen molar-refractivity contribution in [2.24, 2.45) is 0 Å². The average Bonchev–Trinajstić information content (AvgIpc) is 3.18. The maximum Gasteiger partial charge on any atom is 0.253 e. The fourth-order valence-electron chi connectivity index (χ4n) is 2.71. The number of carbonyl (C=O) groups is 2. The fourth-order valence-corrected chi connectivity index (χ4v) is 3.63. The van der Waals surface area contributed by atoms with E-state index < -0.39 is 0 Å². The second kappa shape index (κ2) is 8.60. The molecule has 0 spiro atoms. The van der Waals surface area contributed by atoms with Crippen molar-refractivity contribution in [2.75, 3.05) is 6.54 Å². The largest absolute Gasteiger partial charge is 0.352 e. The Balaban J connectivity index is 1.57. The van der Waals surface area contributed by atoms with Gasteiger partial charge in [0.15, 0.2) is 0 Å². The van der Waals surface area contributed by atoms with Crippen molar-refractivity contribution in [1.82, 2.24) is 10.6 Å². The molecule has 0 saturated heterocycles. The van der Waals surface area contributed by atoms with E-state index in [0.717, 1.165) is 17.5 Å². The van der Waals surface area contributed by atoms with Gasteiger partial charge in [0.25, 0.3) is 5.91 Å². The van der Waals surface area contributed by atoms with E-state index in [1.54, 1.807) is 11.4 Å². The van der Waals surface area contributed by atoms with Gasteiger partial charge in [-0.05, 0) is 47.2 Å². The predicted molar refractivity (Wildman–Crippen MR) is 106 cm³/mol. The molecule has 0 aliphatic carbocycles. The van der Waals surface area contributed by atoms with E-state index in [1.807, 2.05) is 24.3 Å². The van der Waals surface area contributed by atoms with E-state index in [2.05, 4.69) is 17.2 Å². The minimum Gasteiger partial charge on any atom is -0.352 e. The number of rotatable bonds is 7. The summed E-state index contributed by atoms with van der Waals surface area (Å²) in [7, 11) is 0. The molecule has 0 bridgehead atoms. The smallest absolute Gasteiger partial charge is 0.253 e. The molecule has 2 amide bonds. The highest BCUT2D eigenvalue weighted by Gasteiger charge is 2.13. The van der Waals surface area contributed by atoms with Gasteiger partial charge >= 0.3 is 0 Å².